The number of hydrogen-bond donors (Lipinski definition) is 2. The van der Waals surface area contributed by atoms with E-state index in [1.54, 1.807) is 18.5 Å². The Morgan fingerprint density at radius 1 is 1.74 bits per heavy atom. The predicted octanol–water partition coefficient (Wildman–Crippen LogP) is -0.0230. The normalized spacial score (nSPS) is 20.4. The van der Waals surface area contributed by atoms with E-state index >= 15 is 0 Å². The van der Waals surface area contributed by atoms with Crippen molar-refractivity contribution in [2.45, 2.75) is 42.8 Å². The third-order valence-corrected chi connectivity index (χ3v) is 4.12. The summed E-state index contributed by atoms with van der Waals surface area (Å²) < 4.78 is 7.06. The van der Waals surface area contributed by atoms with Gasteiger partial charge in [0.25, 0.3) is 0 Å². The van der Waals surface area contributed by atoms with Crippen molar-refractivity contribution in [2.24, 2.45) is 0 Å². The fraction of sp³-hybridized carbons (Fsp3) is 0.727. The van der Waals surface area contributed by atoms with E-state index in [4.69, 9.17) is 4.74 Å². The van der Waals surface area contributed by atoms with Crippen LogP contribution < -0.4 is 11.0 Å². The summed E-state index contributed by atoms with van der Waals surface area (Å²) >= 11 is 1.26. The van der Waals surface area contributed by atoms with Gasteiger partial charge in [-0.1, -0.05) is 11.8 Å². The maximum atomic E-state index is 11.7. The Kier molecular flexibility index (Phi) is 4.65. The summed E-state index contributed by atoms with van der Waals surface area (Å²) in [4.78, 5) is 23.2. The van der Waals surface area contributed by atoms with Crippen LogP contribution in [0.25, 0.3) is 0 Å². The van der Waals surface area contributed by atoms with Crippen LogP contribution in [0.4, 0.5) is 0 Å². The molecular formula is C11H18N4O3S. The lowest BCUT2D eigenvalue weighted by atomic mass is 10.2. The van der Waals surface area contributed by atoms with Gasteiger partial charge in [0.2, 0.25) is 5.91 Å². The van der Waals surface area contributed by atoms with Gasteiger partial charge in [-0.25, -0.2) is 9.89 Å². The fourth-order valence-electron chi connectivity index (χ4n) is 1.96. The van der Waals surface area contributed by atoms with E-state index in [-0.39, 0.29) is 23.0 Å². The molecule has 0 saturated carbocycles. The number of hydrogen-bond acceptors (Lipinski definition) is 5. The van der Waals surface area contributed by atoms with Crippen molar-refractivity contribution >= 4 is 17.7 Å². The zero-order chi connectivity index (χ0) is 13.8. The van der Waals surface area contributed by atoms with Gasteiger partial charge in [0.15, 0.2) is 5.16 Å². The topological polar surface area (TPSA) is 89.0 Å². The van der Waals surface area contributed by atoms with Crippen molar-refractivity contribution in [3.63, 3.8) is 0 Å². The van der Waals surface area contributed by atoms with E-state index in [0.717, 1.165) is 19.4 Å². The lowest BCUT2D eigenvalue weighted by Crippen LogP contribution is -2.29. The highest BCUT2D eigenvalue weighted by Crippen LogP contribution is 2.21. The maximum absolute atomic E-state index is 11.7. The summed E-state index contributed by atoms with van der Waals surface area (Å²) in [7, 11) is 1.59. The van der Waals surface area contributed by atoms with Crippen LogP contribution >= 0.6 is 11.8 Å². The second-order valence-corrected chi connectivity index (χ2v) is 5.74. The molecule has 0 bridgehead atoms. The lowest BCUT2D eigenvalue weighted by Gasteiger charge is -2.13. The molecule has 2 N–H and O–H groups in total. The van der Waals surface area contributed by atoms with E-state index in [9.17, 15) is 9.59 Å². The smallest absolute Gasteiger partial charge is 0.344 e. The average molecular weight is 286 g/mol. The van der Waals surface area contributed by atoms with Crippen LogP contribution in [0.5, 0.6) is 0 Å². The standard InChI is InChI=1S/C11H18N4O3S/c1-7(9(16)12-2)19-11-14-13-10(17)15(11)6-8-4-3-5-18-8/h7-8H,3-6H2,1-2H3,(H,12,16)(H,13,17)/t7-,8+/m1/s1. The minimum Gasteiger partial charge on any atom is -0.376 e. The summed E-state index contributed by atoms with van der Waals surface area (Å²) in [5.41, 5.74) is -0.262. The number of H-pyrrole nitrogens is 1. The summed E-state index contributed by atoms with van der Waals surface area (Å²) in [6, 6.07) is 0. The van der Waals surface area contributed by atoms with Crippen molar-refractivity contribution in [2.75, 3.05) is 13.7 Å². The predicted molar refractivity (Wildman–Crippen MR) is 71.2 cm³/mol. The van der Waals surface area contributed by atoms with Crippen molar-refractivity contribution in [1.29, 1.82) is 0 Å². The molecule has 7 nitrogen and oxygen atoms in total. The van der Waals surface area contributed by atoms with Crippen molar-refractivity contribution in [1.82, 2.24) is 20.1 Å². The number of ether oxygens (including phenoxy) is 1. The second-order valence-electron chi connectivity index (χ2n) is 4.43. The molecule has 1 amide bonds. The van der Waals surface area contributed by atoms with Gasteiger partial charge in [-0.15, -0.1) is 5.10 Å². The molecule has 2 heterocycles. The van der Waals surface area contributed by atoms with Gasteiger partial charge in [0, 0.05) is 13.7 Å². The number of carbonyl (C=O) groups excluding carboxylic acids is 1. The summed E-state index contributed by atoms with van der Waals surface area (Å²) in [5, 5.41) is 9.19. The number of nitrogens with zero attached hydrogens (tertiary/aromatic N) is 2. The molecule has 1 aromatic rings. The molecule has 2 atom stereocenters. The number of carbonyl (C=O) groups is 1. The minimum atomic E-state index is -0.302. The Hall–Kier alpha value is -1.28. The van der Waals surface area contributed by atoms with Crippen LogP contribution in [0.1, 0.15) is 19.8 Å². The molecule has 1 aliphatic rings. The third kappa shape index (κ3) is 3.38. The Morgan fingerprint density at radius 2 is 2.53 bits per heavy atom. The molecule has 0 unspecified atom stereocenters. The molecular weight excluding hydrogens is 268 g/mol. The van der Waals surface area contributed by atoms with Crippen molar-refractivity contribution in [3.8, 4) is 0 Å². The Morgan fingerprint density at radius 3 is 3.16 bits per heavy atom. The van der Waals surface area contributed by atoms with Crippen LogP contribution in [0.15, 0.2) is 9.95 Å². The van der Waals surface area contributed by atoms with E-state index < -0.39 is 0 Å². The highest BCUT2D eigenvalue weighted by Gasteiger charge is 2.22. The first-order chi connectivity index (χ1) is 9.11. The molecule has 0 spiro atoms. The number of nitrogens with one attached hydrogen (secondary N) is 2. The maximum Gasteiger partial charge on any atom is 0.344 e. The molecule has 1 aliphatic heterocycles. The van der Waals surface area contributed by atoms with E-state index in [0.29, 0.717) is 11.7 Å². The fourth-order valence-corrected chi connectivity index (χ4v) is 2.89. The highest BCUT2D eigenvalue weighted by atomic mass is 32.2. The highest BCUT2D eigenvalue weighted by molar-refractivity contribution is 8.00. The Labute approximate surface area is 115 Å². The molecule has 1 aromatic heterocycles. The lowest BCUT2D eigenvalue weighted by molar-refractivity contribution is -0.119. The first-order valence-electron chi connectivity index (χ1n) is 6.27. The molecule has 106 valence electrons. The zero-order valence-electron chi connectivity index (χ0n) is 11.0. The zero-order valence-corrected chi connectivity index (χ0v) is 11.8. The van der Waals surface area contributed by atoms with Crippen LogP contribution in [0.3, 0.4) is 0 Å². The van der Waals surface area contributed by atoms with Gasteiger partial charge in [0.05, 0.1) is 17.9 Å². The van der Waals surface area contributed by atoms with E-state index in [1.807, 2.05) is 0 Å². The number of rotatable bonds is 5. The molecule has 0 radical (unpaired) electrons. The average Bonchev–Trinajstić information content (AvgIpc) is 3.02. The van der Waals surface area contributed by atoms with Crippen LogP contribution in [0.2, 0.25) is 0 Å². The van der Waals surface area contributed by atoms with E-state index in [2.05, 4.69) is 15.5 Å². The van der Waals surface area contributed by atoms with Crippen LogP contribution in [-0.4, -0.2) is 45.7 Å². The summed E-state index contributed by atoms with van der Waals surface area (Å²) in [6.45, 7) is 3.01. The number of aromatic nitrogens is 3. The molecule has 1 fully saturated rings. The monoisotopic (exact) mass is 286 g/mol. The first kappa shape index (κ1) is 14.1. The van der Waals surface area contributed by atoms with Gasteiger partial charge in [-0.3, -0.25) is 9.36 Å². The quantitative estimate of drug-likeness (QED) is 0.742. The Balaban J connectivity index is 2.08. The molecule has 1 saturated heterocycles. The minimum absolute atomic E-state index is 0.0601. The largest absolute Gasteiger partial charge is 0.376 e. The van der Waals surface area contributed by atoms with Gasteiger partial charge in [0.1, 0.15) is 0 Å². The third-order valence-electron chi connectivity index (χ3n) is 3.03. The van der Waals surface area contributed by atoms with E-state index in [1.165, 1.54) is 11.8 Å². The van der Waals surface area contributed by atoms with Crippen molar-refractivity contribution in [3.05, 3.63) is 10.5 Å². The first-order valence-corrected chi connectivity index (χ1v) is 7.15. The summed E-state index contributed by atoms with van der Waals surface area (Å²) in [5.74, 6) is -0.0934. The second kappa shape index (κ2) is 6.25. The van der Waals surface area contributed by atoms with Gasteiger partial charge < -0.3 is 10.1 Å². The molecule has 8 heteroatoms. The molecule has 0 aliphatic carbocycles. The molecule has 0 aromatic carbocycles. The van der Waals surface area contributed by atoms with Crippen LogP contribution in [-0.2, 0) is 16.1 Å². The van der Waals surface area contributed by atoms with Crippen molar-refractivity contribution < 1.29 is 9.53 Å². The summed E-state index contributed by atoms with van der Waals surface area (Å²) in [6.07, 6.45) is 2.03. The number of amides is 1. The van der Waals surface area contributed by atoms with Gasteiger partial charge in [-0.2, -0.15) is 0 Å². The Bertz CT molecular complexity index is 492. The number of thioether (sulfide) groups is 1. The van der Waals surface area contributed by atoms with Crippen LogP contribution in [0, 0.1) is 0 Å². The van der Waals surface area contributed by atoms with Gasteiger partial charge in [-0.05, 0) is 19.8 Å². The SMILES string of the molecule is CNC(=O)[C@@H](C)Sc1n[nH]c(=O)n1C[C@@H]1CCCO1. The van der Waals surface area contributed by atoms with Gasteiger partial charge >= 0.3 is 5.69 Å². The molecule has 2 rings (SSSR count). The number of aromatic amines is 1. The molecule has 19 heavy (non-hydrogen) atoms.